The maximum absolute atomic E-state index is 11.2. The largest absolute Gasteiger partial charge is 0.481 e. The van der Waals surface area contributed by atoms with E-state index < -0.39 is 11.4 Å². The third kappa shape index (κ3) is 0.654. The Hall–Kier alpha value is -0.570. The molecule has 3 nitrogen and oxygen atoms in total. The number of hydrogen-bond acceptors (Lipinski definition) is 2. The van der Waals surface area contributed by atoms with E-state index in [2.05, 4.69) is 0 Å². The van der Waals surface area contributed by atoms with Crippen molar-refractivity contribution in [1.82, 2.24) is 0 Å². The summed E-state index contributed by atoms with van der Waals surface area (Å²) in [7, 11) is 0. The predicted octanol–water partition coefficient (Wildman–Crippen LogP) is 1.26. The van der Waals surface area contributed by atoms with Gasteiger partial charge in [0, 0.05) is 12.0 Å². The molecule has 0 aromatic rings. The second-order valence-electron chi connectivity index (χ2n) is 5.13. The van der Waals surface area contributed by atoms with Crippen LogP contribution in [-0.2, 0) is 4.79 Å². The molecule has 0 aliphatic heterocycles. The molecule has 2 atom stereocenters. The molecule has 0 aromatic heterocycles. The van der Waals surface area contributed by atoms with Gasteiger partial charge in [-0.05, 0) is 24.7 Å². The lowest BCUT2D eigenvalue weighted by molar-refractivity contribution is -0.194. The quantitative estimate of drug-likeness (QED) is 0.679. The van der Waals surface area contributed by atoms with E-state index in [1.807, 2.05) is 13.8 Å². The zero-order valence-electron chi connectivity index (χ0n) is 8.13. The van der Waals surface area contributed by atoms with Crippen LogP contribution in [0.2, 0.25) is 0 Å². The zero-order valence-corrected chi connectivity index (χ0v) is 8.13. The minimum Gasteiger partial charge on any atom is -0.481 e. The molecule has 13 heavy (non-hydrogen) atoms. The van der Waals surface area contributed by atoms with Crippen LogP contribution in [-0.4, -0.2) is 22.8 Å². The molecule has 3 rings (SSSR count). The van der Waals surface area contributed by atoms with Gasteiger partial charge >= 0.3 is 5.97 Å². The Kier molecular flexibility index (Phi) is 1.44. The lowest BCUT2D eigenvalue weighted by Gasteiger charge is -2.59. The molecule has 0 amide bonds. The summed E-state index contributed by atoms with van der Waals surface area (Å²) in [6, 6.07) is 0. The van der Waals surface area contributed by atoms with Crippen molar-refractivity contribution in [3.8, 4) is 0 Å². The number of carboxylic acids is 1. The number of aliphatic hydroxyl groups is 1. The highest BCUT2D eigenvalue weighted by Crippen LogP contribution is 2.77. The molecule has 0 heterocycles. The maximum Gasteiger partial charge on any atom is 0.310 e. The normalized spacial score (nSPS) is 45.8. The number of carbonyl (C=O) groups is 1. The Bertz CT molecular complexity index is 271. The van der Waals surface area contributed by atoms with E-state index in [4.69, 9.17) is 0 Å². The molecular weight excluding hydrogens is 168 g/mol. The highest BCUT2D eigenvalue weighted by Gasteiger charge is 2.76. The van der Waals surface area contributed by atoms with Crippen LogP contribution < -0.4 is 0 Å². The molecule has 3 aliphatic rings. The van der Waals surface area contributed by atoms with Gasteiger partial charge in [-0.2, -0.15) is 0 Å². The van der Waals surface area contributed by atoms with E-state index in [0.29, 0.717) is 6.42 Å². The summed E-state index contributed by atoms with van der Waals surface area (Å²) in [6.07, 6.45) is 2.26. The highest BCUT2D eigenvalue weighted by molar-refractivity contribution is 5.79. The number of rotatable bonds is 2. The molecule has 0 aromatic carbocycles. The maximum atomic E-state index is 11.2. The summed E-state index contributed by atoms with van der Waals surface area (Å²) < 4.78 is 0. The fourth-order valence-electron chi connectivity index (χ4n) is 3.46. The number of hydrogen-bond donors (Lipinski definition) is 2. The summed E-state index contributed by atoms with van der Waals surface area (Å²) in [5.74, 6) is -0.681. The molecule has 0 spiro atoms. The average Bonchev–Trinajstić information content (AvgIpc) is 2.55. The summed E-state index contributed by atoms with van der Waals surface area (Å²) in [6.45, 7) is 4.09. The van der Waals surface area contributed by atoms with Crippen LogP contribution in [0.15, 0.2) is 0 Å². The van der Waals surface area contributed by atoms with Gasteiger partial charge in [-0.1, -0.05) is 13.8 Å². The SMILES string of the molecule is CC1(C)[C@]2(CO)CC[C@]1(C(=O)O)C2. The minimum absolute atomic E-state index is 0.106. The van der Waals surface area contributed by atoms with Crippen molar-refractivity contribution >= 4 is 5.97 Å². The van der Waals surface area contributed by atoms with Crippen LogP contribution in [0.25, 0.3) is 0 Å². The minimum atomic E-state index is -0.681. The van der Waals surface area contributed by atoms with E-state index in [0.717, 1.165) is 12.8 Å². The second-order valence-corrected chi connectivity index (χ2v) is 5.13. The van der Waals surface area contributed by atoms with Crippen molar-refractivity contribution < 1.29 is 15.0 Å². The molecule has 3 saturated carbocycles. The highest BCUT2D eigenvalue weighted by atomic mass is 16.4. The molecular formula is C10H16O3. The molecule has 3 heteroatoms. The van der Waals surface area contributed by atoms with Crippen molar-refractivity contribution in [3.05, 3.63) is 0 Å². The van der Waals surface area contributed by atoms with Gasteiger partial charge in [0.2, 0.25) is 0 Å². The number of aliphatic hydroxyl groups excluding tert-OH is 1. The van der Waals surface area contributed by atoms with Crippen molar-refractivity contribution in [1.29, 1.82) is 0 Å². The van der Waals surface area contributed by atoms with Crippen molar-refractivity contribution in [2.75, 3.05) is 6.61 Å². The van der Waals surface area contributed by atoms with E-state index in [1.165, 1.54) is 0 Å². The molecule has 0 unspecified atom stereocenters. The monoisotopic (exact) mass is 184 g/mol. The number of aliphatic carboxylic acids is 1. The first kappa shape index (κ1) is 9.00. The first-order chi connectivity index (χ1) is 5.92. The van der Waals surface area contributed by atoms with E-state index in [1.54, 1.807) is 0 Å². The van der Waals surface area contributed by atoms with Gasteiger partial charge in [-0.15, -0.1) is 0 Å². The molecule has 2 bridgehead atoms. The number of fused-ring (bicyclic) bond motifs is 1. The lowest BCUT2D eigenvalue weighted by Crippen LogP contribution is -2.61. The smallest absolute Gasteiger partial charge is 0.310 e. The molecule has 0 saturated heterocycles. The van der Waals surface area contributed by atoms with Crippen LogP contribution in [0.4, 0.5) is 0 Å². The Morgan fingerprint density at radius 2 is 2.00 bits per heavy atom. The summed E-state index contributed by atoms with van der Waals surface area (Å²) in [4.78, 5) is 11.2. The zero-order chi connectivity index (χ0) is 9.91. The Morgan fingerprint density at radius 1 is 1.38 bits per heavy atom. The third-order valence-corrected chi connectivity index (χ3v) is 4.90. The first-order valence-electron chi connectivity index (χ1n) is 4.76. The van der Waals surface area contributed by atoms with Crippen LogP contribution in [0.5, 0.6) is 0 Å². The van der Waals surface area contributed by atoms with Crippen LogP contribution in [0.1, 0.15) is 33.1 Å². The van der Waals surface area contributed by atoms with Crippen LogP contribution in [0, 0.1) is 16.2 Å². The molecule has 0 radical (unpaired) electrons. The molecule has 74 valence electrons. The van der Waals surface area contributed by atoms with Gasteiger partial charge in [0.1, 0.15) is 0 Å². The molecule has 3 fully saturated rings. The first-order valence-corrected chi connectivity index (χ1v) is 4.76. The van der Waals surface area contributed by atoms with Gasteiger partial charge < -0.3 is 10.2 Å². The summed E-state index contributed by atoms with van der Waals surface area (Å²) in [5, 5.41) is 18.5. The van der Waals surface area contributed by atoms with Gasteiger partial charge in [-0.3, -0.25) is 4.79 Å². The topological polar surface area (TPSA) is 57.5 Å². The van der Waals surface area contributed by atoms with Gasteiger partial charge in [0.25, 0.3) is 0 Å². The summed E-state index contributed by atoms with van der Waals surface area (Å²) in [5.41, 5.74) is -0.887. The van der Waals surface area contributed by atoms with Gasteiger partial charge in [-0.25, -0.2) is 0 Å². The fourth-order valence-corrected chi connectivity index (χ4v) is 3.46. The van der Waals surface area contributed by atoms with Crippen molar-refractivity contribution in [2.24, 2.45) is 16.2 Å². The lowest BCUT2D eigenvalue weighted by atomic mass is 9.43. The molecule has 2 N–H and O–H groups in total. The average molecular weight is 184 g/mol. The second kappa shape index (κ2) is 2.08. The van der Waals surface area contributed by atoms with Crippen LogP contribution in [0.3, 0.4) is 0 Å². The predicted molar refractivity (Wildman–Crippen MR) is 47.2 cm³/mol. The summed E-state index contributed by atoms with van der Waals surface area (Å²) >= 11 is 0. The van der Waals surface area contributed by atoms with E-state index >= 15 is 0 Å². The fraction of sp³-hybridized carbons (Fsp3) is 0.900. The third-order valence-electron chi connectivity index (χ3n) is 4.90. The Morgan fingerprint density at radius 3 is 2.23 bits per heavy atom. The Balaban J connectivity index is 2.38. The van der Waals surface area contributed by atoms with E-state index in [-0.39, 0.29) is 17.4 Å². The van der Waals surface area contributed by atoms with Crippen molar-refractivity contribution in [2.45, 2.75) is 33.1 Å². The van der Waals surface area contributed by atoms with Crippen molar-refractivity contribution in [3.63, 3.8) is 0 Å². The van der Waals surface area contributed by atoms with Gasteiger partial charge in [0.15, 0.2) is 0 Å². The van der Waals surface area contributed by atoms with E-state index in [9.17, 15) is 15.0 Å². The molecule has 3 aliphatic carbocycles. The van der Waals surface area contributed by atoms with Gasteiger partial charge in [0.05, 0.1) is 5.41 Å². The Labute approximate surface area is 77.8 Å². The standard InChI is InChI=1S/C10H16O3/c1-8(2)9(6-11)3-4-10(8,5-9)7(12)13/h11H,3-6H2,1-2H3,(H,12,13)/t9-,10-/m1/s1. The number of carboxylic acid groups (broad SMARTS) is 1. The van der Waals surface area contributed by atoms with Crippen LogP contribution >= 0.6 is 0 Å².